The number of carboxylic acid groups (broad SMARTS) is 1. The zero-order valence-corrected chi connectivity index (χ0v) is 9.40. The zero-order valence-electron chi connectivity index (χ0n) is 9.40. The Morgan fingerprint density at radius 2 is 2.27 bits per heavy atom. The van der Waals surface area contributed by atoms with Crippen LogP contribution in [0.4, 0.5) is 0 Å². The number of nitrogens with zero attached hydrogens (tertiary/aromatic N) is 3. The SMILES string of the molecule is CCn1ncnc1CC(C)(C)CC(=O)O. The molecular formula is C10H17N3O2. The van der Waals surface area contributed by atoms with E-state index in [0.29, 0.717) is 6.42 Å². The number of aromatic nitrogens is 3. The van der Waals surface area contributed by atoms with E-state index >= 15 is 0 Å². The second-order valence-electron chi connectivity index (χ2n) is 4.40. The molecule has 0 aliphatic heterocycles. The van der Waals surface area contributed by atoms with Crippen LogP contribution in [0, 0.1) is 5.41 Å². The first kappa shape index (κ1) is 11.7. The van der Waals surface area contributed by atoms with Gasteiger partial charge in [0.15, 0.2) is 0 Å². The van der Waals surface area contributed by atoms with Crippen molar-refractivity contribution in [3.05, 3.63) is 12.2 Å². The maximum absolute atomic E-state index is 10.7. The van der Waals surface area contributed by atoms with Gasteiger partial charge in [-0.25, -0.2) is 4.98 Å². The molecule has 1 aromatic heterocycles. The molecule has 1 rings (SSSR count). The Hall–Kier alpha value is -1.39. The van der Waals surface area contributed by atoms with Crippen LogP contribution >= 0.6 is 0 Å². The molecule has 0 fully saturated rings. The molecule has 1 aromatic rings. The van der Waals surface area contributed by atoms with Crippen molar-refractivity contribution in [3.8, 4) is 0 Å². The Kier molecular flexibility index (Phi) is 3.44. The van der Waals surface area contributed by atoms with Crippen LogP contribution < -0.4 is 0 Å². The largest absolute Gasteiger partial charge is 0.481 e. The summed E-state index contributed by atoms with van der Waals surface area (Å²) in [5.74, 6) is 0.0753. The van der Waals surface area contributed by atoms with Gasteiger partial charge in [-0.15, -0.1) is 0 Å². The third-order valence-corrected chi connectivity index (χ3v) is 2.26. The van der Waals surface area contributed by atoms with E-state index in [4.69, 9.17) is 5.11 Å². The number of carbonyl (C=O) groups is 1. The monoisotopic (exact) mass is 211 g/mol. The van der Waals surface area contributed by atoms with Crippen molar-refractivity contribution in [2.24, 2.45) is 5.41 Å². The molecule has 0 amide bonds. The normalized spacial score (nSPS) is 11.7. The molecule has 0 atom stereocenters. The van der Waals surface area contributed by atoms with Crippen LogP contribution in [-0.4, -0.2) is 25.8 Å². The van der Waals surface area contributed by atoms with Gasteiger partial charge in [0.2, 0.25) is 0 Å². The number of carboxylic acids is 1. The molecule has 1 N–H and O–H groups in total. The Morgan fingerprint density at radius 1 is 1.60 bits per heavy atom. The van der Waals surface area contributed by atoms with E-state index in [1.807, 2.05) is 20.8 Å². The number of rotatable bonds is 5. The van der Waals surface area contributed by atoms with E-state index in [0.717, 1.165) is 12.4 Å². The first-order valence-corrected chi connectivity index (χ1v) is 5.03. The summed E-state index contributed by atoms with van der Waals surface area (Å²) in [7, 11) is 0. The summed E-state index contributed by atoms with van der Waals surface area (Å²) >= 11 is 0. The predicted molar refractivity (Wildman–Crippen MR) is 55.4 cm³/mol. The van der Waals surface area contributed by atoms with Gasteiger partial charge < -0.3 is 5.11 Å². The van der Waals surface area contributed by atoms with Gasteiger partial charge in [0, 0.05) is 13.0 Å². The minimum absolute atomic E-state index is 0.142. The molecule has 0 radical (unpaired) electrons. The lowest BCUT2D eigenvalue weighted by Crippen LogP contribution is -2.22. The summed E-state index contributed by atoms with van der Waals surface area (Å²) in [6.07, 6.45) is 2.28. The van der Waals surface area contributed by atoms with Crippen molar-refractivity contribution < 1.29 is 9.90 Å². The lowest BCUT2D eigenvalue weighted by atomic mass is 9.85. The van der Waals surface area contributed by atoms with Gasteiger partial charge in [0.05, 0.1) is 6.42 Å². The van der Waals surface area contributed by atoms with Crippen LogP contribution in [0.5, 0.6) is 0 Å². The standard InChI is InChI=1S/C10H17N3O2/c1-4-13-8(11-7-12-13)5-10(2,3)6-9(14)15/h7H,4-6H2,1-3H3,(H,14,15). The van der Waals surface area contributed by atoms with Gasteiger partial charge in [-0.2, -0.15) is 5.10 Å². The topological polar surface area (TPSA) is 68.0 Å². The Bertz CT molecular complexity index is 344. The summed E-state index contributed by atoms with van der Waals surface area (Å²) in [5.41, 5.74) is -0.286. The molecule has 0 aliphatic rings. The fourth-order valence-corrected chi connectivity index (χ4v) is 1.59. The van der Waals surface area contributed by atoms with Gasteiger partial charge in [0.1, 0.15) is 12.2 Å². The Labute approximate surface area is 89.1 Å². The van der Waals surface area contributed by atoms with Gasteiger partial charge in [-0.1, -0.05) is 13.8 Å². The highest BCUT2D eigenvalue weighted by molar-refractivity contribution is 5.67. The zero-order chi connectivity index (χ0) is 11.5. The van der Waals surface area contributed by atoms with Gasteiger partial charge in [-0.3, -0.25) is 9.48 Å². The fourth-order valence-electron chi connectivity index (χ4n) is 1.59. The van der Waals surface area contributed by atoms with E-state index in [1.165, 1.54) is 6.33 Å². The number of hydrogen-bond acceptors (Lipinski definition) is 3. The lowest BCUT2D eigenvalue weighted by Gasteiger charge is -2.21. The molecule has 0 spiro atoms. The highest BCUT2D eigenvalue weighted by atomic mass is 16.4. The second-order valence-corrected chi connectivity index (χ2v) is 4.40. The molecule has 5 heteroatoms. The van der Waals surface area contributed by atoms with Crippen LogP contribution in [0.2, 0.25) is 0 Å². The van der Waals surface area contributed by atoms with E-state index in [2.05, 4.69) is 10.1 Å². The van der Waals surface area contributed by atoms with Crippen LogP contribution in [0.25, 0.3) is 0 Å². The molecule has 1 heterocycles. The molecule has 0 aliphatic carbocycles. The van der Waals surface area contributed by atoms with E-state index in [-0.39, 0.29) is 11.8 Å². The first-order valence-electron chi connectivity index (χ1n) is 5.03. The van der Waals surface area contributed by atoms with Crippen LogP contribution in [0.3, 0.4) is 0 Å². The highest BCUT2D eigenvalue weighted by Gasteiger charge is 2.24. The molecule has 0 bridgehead atoms. The van der Waals surface area contributed by atoms with Crippen molar-refractivity contribution in [1.82, 2.24) is 14.8 Å². The Balaban J connectivity index is 2.72. The molecule has 84 valence electrons. The van der Waals surface area contributed by atoms with Crippen LogP contribution in [-0.2, 0) is 17.8 Å². The van der Waals surface area contributed by atoms with E-state index in [1.54, 1.807) is 4.68 Å². The first-order chi connectivity index (χ1) is 6.94. The smallest absolute Gasteiger partial charge is 0.303 e. The predicted octanol–water partition coefficient (Wildman–Crippen LogP) is 1.34. The third-order valence-electron chi connectivity index (χ3n) is 2.26. The number of hydrogen-bond donors (Lipinski definition) is 1. The molecule has 0 unspecified atom stereocenters. The molecule has 15 heavy (non-hydrogen) atoms. The minimum atomic E-state index is -0.775. The van der Waals surface area contributed by atoms with Crippen LogP contribution in [0.15, 0.2) is 6.33 Å². The Morgan fingerprint density at radius 3 is 2.80 bits per heavy atom. The average Bonchev–Trinajstić information content (AvgIpc) is 2.48. The van der Waals surface area contributed by atoms with Gasteiger partial charge >= 0.3 is 5.97 Å². The number of aryl methyl sites for hydroxylation is 1. The van der Waals surface area contributed by atoms with Crippen molar-refractivity contribution in [2.45, 2.75) is 40.2 Å². The quantitative estimate of drug-likeness (QED) is 0.798. The van der Waals surface area contributed by atoms with Crippen LogP contribution in [0.1, 0.15) is 33.0 Å². The van der Waals surface area contributed by atoms with Crippen molar-refractivity contribution in [3.63, 3.8) is 0 Å². The highest BCUT2D eigenvalue weighted by Crippen LogP contribution is 2.24. The average molecular weight is 211 g/mol. The second kappa shape index (κ2) is 4.42. The van der Waals surface area contributed by atoms with Crippen molar-refractivity contribution >= 4 is 5.97 Å². The summed E-state index contributed by atoms with van der Waals surface area (Å²) in [5, 5.41) is 12.8. The van der Waals surface area contributed by atoms with Gasteiger partial charge in [-0.05, 0) is 12.3 Å². The molecule has 0 aromatic carbocycles. The maximum atomic E-state index is 10.7. The summed E-state index contributed by atoms with van der Waals surface area (Å²) in [6.45, 7) is 6.60. The third kappa shape index (κ3) is 3.34. The summed E-state index contributed by atoms with van der Waals surface area (Å²) in [4.78, 5) is 14.8. The summed E-state index contributed by atoms with van der Waals surface area (Å²) < 4.78 is 1.80. The fraction of sp³-hybridized carbons (Fsp3) is 0.700. The molecule has 0 saturated heterocycles. The lowest BCUT2D eigenvalue weighted by molar-refractivity contribution is -0.139. The molecular weight excluding hydrogens is 194 g/mol. The minimum Gasteiger partial charge on any atom is -0.481 e. The van der Waals surface area contributed by atoms with Crippen molar-refractivity contribution in [1.29, 1.82) is 0 Å². The summed E-state index contributed by atoms with van der Waals surface area (Å²) in [6, 6.07) is 0. The van der Waals surface area contributed by atoms with E-state index < -0.39 is 5.97 Å². The maximum Gasteiger partial charge on any atom is 0.303 e. The van der Waals surface area contributed by atoms with Crippen molar-refractivity contribution in [2.75, 3.05) is 0 Å². The van der Waals surface area contributed by atoms with E-state index in [9.17, 15) is 4.79 Å². The number of aliphatic carboxylic acids is 1. The molecule has 0 saturated carbocycles. The van der Waals surface area contributed by atoms with Gasteiger partial charge in [0.25, 0.3) is 0 Å². The molecule has 5 nitrogen and oxygen atoms in total.